The predicted molar refractivity (Wildman–Crippen MR) is 113 cm³/mol. The molecule has 148 valence electrons. The Bertz CT molecular complexity index is 1060. The molecular weight excluding hydrogens is 632 g/mol. The van der Waals surface area contributed by atoms with Gasteiger partial charge in [0.25, 0.3) is 0 Å². The molecule has 3 rings (SSSR count). The van der Waals surface area contributed by atoms with Crippen molar-refractivity contribution in [1.29, 1.82) is 0 Å². The third-order valence-corrected chi connectivity index (χ3v) is 4.73. The third-order valence-electron chi connectivity index (χ3n) is 3.55. The summed E-state index contributed by atoms with van der Waals surface area (Å²) < 4.78 is 63.1. The average Bonchev–Trinajstić information content (AvgIpc) is 3.09. The molecule has 0 spiro atoms. The fourth-order valence-corrected chi connectivity index (χ4v) is 2.96. The van der Waals surface area contributed by atoms with Crippen molar-refractivity contribution in [3.05, 3.63) is 65.3 Å². The topological polar surface area (TPSA) is 78.0 Å². The van der Waals surface area contributed by atoms with Crippen molar-refractivity contribution in [2.75, 3.05) is 0 Å². The van der Waals surface area contributed by atoms with Gasteiger partial charge >= 0.3 is 44.5 Å². The molecule has 0 aliphatic heterocycles. The van der Waals surface area contributed by atoms with Crippen molar-refractivity contribution >= 4 is 60.0 Å². The molecule has 1 heterocycles. The van der Waals surface area contributed by atoms with E-state index in [0.717, 1.165) is 31.0 Å². The first-order chi connectivity index (χ1) is 13.1. The molecule has 0 saturated heterocycles. The molecule has 0 saturated carbocycles. The molecule has 0 fully saturated rings. The quantitative estimate of drug-likeness (QED) is 0.441. The Labute approximate surface area is 188 Å². The van der Waals surface area contributed by atoms with Crippen molar-refractivity contribution in [2.45, 2.75) is 11.1 Å². The first-order valence-corrected chi connectivity index (χ1v) is 26.1. The molecule has 0 unspecified atom stereocenters. The van der Waals surface area contributed by atoms with Gasteiger partial charge in [0, 0.05) is 10.6 Å². The molecule has 2 N–H and O–H groups in total. The normalized spacial score (nSPS) is 11.6. The summed E-state index contributed by atoms with van der Waals surface area (Å²) in [7, 11) is -3.91. The van der Waals surface area contributed by atoms with Crippen molar-refractivity contribution in [3.63, 3.8) is 0 Å². The second-order valence-electron chi connectivity index (χ2n) is 5.37. The van der Waals surface area contributed by atoms with Crippen LogP contribution in [0.5, 0.6) is 0 Å². The summed E-state index contributed by atoms with van der Waals surface area (Å²) in [5.41, 5.74) is -0.180. The number of benzene rings is 2. The van der Waals surface area contributed by atoms with Crippen molar-refractivity contribution in [1.82, 2.24) is 9.78 Å². The van der Waals surface area contributed by atoms with Crippen molar-refractivity contribution < 1.29 is 21.6 Å². The summed E-state index contributed by atoms with van der Waals surface area (Å²) in [5, 5.41) is 9.09. The minimum atomic E-state index is -4.63. The van der Waals surface area contributed by atoms with E-state index in [1.807, 2.05) is 0 Å². The standard InChI is InChI=1S/C16H11ClF3N3O2S.HI.In.2H/c17-11-3-1-10(2-4-11)14-9-15(16(18,19)20)22-23(14)12-5-7-13(8-6-12)26(21,24)25;;;;/h1-9H,(H2,21,24,25);1H;;;/q;;+1;;/p-1. The Balaban J connectivity index is 0.00000136. The number of alkyl halides is 3. The van der Waals surface area contributed by atoms with Gasteiger partial charge in [-0.3, -0.25) is 0 Å². The summed E-state index contributed by atoms with van der Waals surface area (Å²) in [4.78, 5) is -0.155. The molecule has 0 atom stereocenters. The maximum atomic E-state index is 13.1. The Kier molecular flexibility index (Phi) is 7.87. The van der Waals surface area contributed by atoms with E-state index in [4.69, 9.17) is 16.7 Å². The van der Waals surface area contributed by atoms with E-state index < -0.39 is 21.9 Å². The predicted octanol–water partition coefficient (Wildman–Crippen LogP) is 3.83. The Morgan fingerprint density at radius 2 is 1.57 bits per heavy atom. The number of primary sulfonamides is 1. The van der Waals surface area contributed by atoms with Crippen LogP contribution in [0.4, 0.5) is 13.2 Å². The number of halogens is 5. The van der Waals surface area contributed by atoms with Crippen LogP contribution in [0, 0.1) is 0 Å². The number of hydrogen-bond acceptors (Lipinski definition) is 3. The zero-order valence-electron chi connectivity index (χ0n) is 14.3. The molecule has 0 aliphatic carbocycles. The average molecular weight is 646 g/mol. The van der Waals surface area contributed by atoms with E-state index in [1.165, 1.54) is 24.3 Å². The van der Waals surface area contributed by atoms with Crippen LogP contribution in [0.3, 0.4) is 0 Å². The Morgan fingerprint density at radius 3 is 2.04 bits per heavy atom. The molecule has 0 radical (unpaired) electrons. The van der Waals surface area contributed by atoms with Crippen molar-refractivity contribution in [2.24, 2.45) is 5.14 Å². The zero-order chi connectivity index (χ0) is 21.1. The van der Waals surface area contributed by atoms with Crippen LogP contribution < -0.4 is 5.14 Å². The van der Waals surface area contributed by atoms with Crippen LogP contribution >= 0.6 is 29.7 Å². The van der Waals surface area contributed by atoms with Gasteiger partial charge in [-0.05, 0) is 42.5 Å². The second kappa shape index (κ2) is 9.37. The first kappa shape index (κ1) is 23.5. The van der Waals surface area contributed by atoms with Gasteiger partial charge in [0.05, 0.1) is 16.3 Å². The molecule has 12 heteroatoms. The fraction of sp³-hybridized carbons (Fsp3) is 0.0625. The summed E-state index contributed by atoms with van der Waals surface area (Å²) >= 11 is 9.10. The Morgan fingerprint density at radius 1 is 1.04 bits per heavy atom. The van der Waals surface area contributed by atoms with E-state index in [9.17, 15) is 21.6 Å². The minimum absolute atomic E-state index is 0.155. The molecule has 3 aromatic rings. The molecular formula is C16H13ClF3IInN3O2S. The number of nitrogens with two attached hydrogens (primary N) is 1. The van der Waals surface area contributed by atoms with Crippen LogP contribution in [-0.4, -0.2) is 38.4 Å². The van der Waals surface area contributed by atoms with Gasteiger partial charge in [0.2, 0.25) is 10.0 Å². The van der Waals surface area contributed by atoms with Gasteiger partial charge in [-0.1, -0.05) is 23.7 Å². The van der Waals surface area contributed by atoms with Gasteiger partial charge in [0.15, 0.2) is 5.69 Å². The van der Waals surface area contributed by atoms with Gasteiger partial charge in [-0.25, -0.2) is 18.2 Å². The van der Waals surface area contributed by atoms with Gasteiger partial charge in [0.1, 0.15) is 0 Å². The molecule has 0 amide bonds. The first-order valence-electron chi connectivity index (χ1n) is 7.50. The number of rotatable bonds is 3. The van der Waals surface area contributed by atoms with Crippen LogP contribution in [-0.2, 0) is 16.2 Å². The second-order valence-corrected chi connectivity index (χ2v) is 7.37. The molecule has 5 nitrogen and oxygen atoms in total. The number of nitrogens with zero attached hydrogens (tertiary/aromatic N) is 2. The van der Waals surface area contributed by atoms with E-state index in [2.05, 4.69) is 23.2 Å². The molecule has 0 aliphatic rings. The fourth-order valence-electron chi connectivity index (χ4n) is 2.32. The van der Waals surface area contributed by atoms with E-state index >= 15 is 0 Å². The number of aromatic nitrogens is 2. The molecule has 0 bridgehead atoms. The van der Waals surface area contributed by atoms with Crippen molar-refractivity contribution in [3.8, 4) is 16.9 Å². The third kappa shape index (κ3) is 5.65. The number of sulfonamides is 1. The summed E-state index contributed by atoms with van der Waals surface area (Å²) in [6.45, 7) is 0. The monoisotopic (exact) mass is 645 g/mol. The van der Waals surface area contributed by atoms with Crippen LogP contribution in [0.2, 0.25) is 5.02 Å². The molecule has 1 aromatic heterocycles. The van der Waals surface area contributed by atoms with Crippen LogP contribution in [0.1, 0.15) is 5.69 Å². The van der Waals surface area contributed by atoms with E-state index in [0.29, 0.717) is 10.6 Å². The van der Waals surface area contributed by atoms with Gasteiger partial charge < -0.3 is 0 Å². The zero-order valence-corrected chi connectivity index (χ0v) is 23.7. The summed E-state index contributed by atoms with van der Waals surface area (Å²) in [6, 6.07) is 12.2. The van der Waals surface area contributed by atoms with Crippen LogP contribution in [0.15, 0.2) is 59.5 Å². The summed E-state index contributed by atoms with van der Waals surface area (Å²) in [5.74, 6) is 0. The molecule has 2 aromatic carbocycles. The van der Waals surface area contributed by atoms with E-state index in [1.54, 1.807) is 24.3 Å². The number of hydrogen-bond donors (Lipinski definition) is 1. The molecule has 28 heavy (non-hydrogen) atoms. The SMILES string of the molecule is NS(=O)(=O)c1ccc(-n2nc(C(F)(F)F)cc2-c2ccc(Cl)cc2)cc1.[InH2][I]. The maximum absolute atomic E-state index is 13.1. The van der Waals surface area contributed by atoms with Crippen LogP contribution in [0.25, 0.3) is 16.9 Å². The van der Waals surface area contributed by atoms with Gasteiger partial charge in [-0.15, -0.1) is 0 Å². The Hall–Kier alpha value is -0.760. The summed E-state index contributed by atoms with van der Waals surface area (Å²) in [6.07, 6.45) is -4.63. The van der Waals surface area contributed by atoms with Gasteiger partial charge in [-0.2, -0.15) is 18.3 Å². The van der Waals surface area contributed by atoms with E-state index in [-0.39, 0.29) is 16.3 Å².